The third-order valence-corrected chi connectivity index (χ3v) is 2.99. The lowest BCUT2D eigenvalue weighted by Crippen LogP contribution is -2.13. The monoisotopic (exact) mass is 281 g/mol. The number of nitrogen functional groups attached to an aromatic ring is 1. The van der Waals surface area contributed by atoms with Crippen LogP contribution in [-0.4, -0.2) is 9.38 Å². The number of nitrogens with two attached hydrogens (primary N) is 1. The van der Waals surface area contributed by atoms with Crippen molar-refractivity contribution >= 4 is 27.3 Å². The maximum absolute atomic E-state index is 5.99. The van der Waals surface area contributed by atoms with Crippen molar-refractivity contribution in [2.24, 2.45) is 5.41 Å². The Hall–Kier alpha value is -1.03. The second-order valence-corrected chi connectivity index (χ2v) is 5.98. The molecule has 0 saturated heterocycles. The summed E-state index contributed by atoms with van der Waals surface area (Å²) in [5.74, 6) is 1.74. The minimum Gasteiger partial charge on any atom is -0.385 e. The first-order chi connectivity index (χ1) is 7.38. The lowest BCUT2D eigenvalue weighted by Gasteiger charge is -2.17. The summed E-state index contributed by atoms with van der Waals surface area (Å²) in [6.07, 6.45) is 0.897. The molecule has 0 aliphatic heterocycles. The molecule has 4 heteroatoms. The molecule has 2 rings (SSSR count). The first-order valence-electron chi connectivity index (χ1n) is 5.30. The van der Waals surface area contributed by atoms with E-state index in [1.165, 1.54) is 0 Å². The van der Waals surface area contributed by atoms with Crippen LogP contribution in [-0.2, 0) is 6.42 Å². The van der Waals surface area contributed by atoms with E-state index in [-0.39, 0.29) is 5.41 Å². The average molecular weight is 282 g/mol. The Balaban J connectivity index is 2.62. The highest BCUT2D eigenvalue weighted by molar-refractivity contribution is 9.10. The molecule has 2 N–H and O–H groups in total. The molecule has 0 bridgehead atoms. The van der Waals surface area contributed by atoms with Gasteiger partial charge in [-0.1, -0.05) is 26.8 Å². The van der Waals surface area contributed by atoms with Gasteiger partial charge in [0.25, 0.3) is 0 Å². The first kappa shape index (κ1) is 11.5. The van der Waals surface area contributed by atoms with Crippen molar-refractivity contribution < 1.29 is 0 Å². The van der Waals surface area contributed by atoms with Gasteiger partial charge in [0.2, 0.25) is 0 Å². The van der Waals surface area contributed by atoms with E-state index in [2.05, 4.69) is 41.7 Å². The molecule has 86 valence electrons. The molecule has 0 aromatic carbocycles. The predicted octanol–water partition coefficient (Wildman–Crippen LogP) is 3.27. The van der Waals surface area contributed by atoms with Crippen LogP contribution >= 0.6 is 15.9 Å². The van der Waals surface area contributed by atoms with Crippen molar-refractivity contribution in [3.8, 4) is 0 Å². The zero-order valence-electron chi connectivity index (χ0n) is 9.79. The van der Waals surface area contributed by atoms with Crippen LogP contribution in [0.5, 0.6) is 0 Å². The van der Waals surface area contributed by atoms with Crippen LogP contribution < -0.4 is 5.73 Å². The third-order valence-electron chi connectivity index (χ3n) is 2.41. The highest BCUT2D eigenvalue weighted by atomic mass is 79.9. The van der Waals surface area contributed by atoms with Gasteiger partial charge in [-0.25, -0.2) is 4.98 Å². The number of pyridine rings is 1. The first-order valence-corrected chi connectivity index (χ1v) is 6.09. The fraction of sp³-hybridized carbons (Fsp3) is 0.417. The van der Waals surface area contributed by atoms with E-state index in [1.807, 2.05) is 22.6 Å². The Morgan fingerprint density at radius 1 is 1.38 bits per heavy atom. The van der Waals surface area contributed by atoms with Crippen molar-refractivity contribution in [2.45, 2.75) is 27.2 Å². The quantitative estimate of drug-likeness (QED) is 0.872. The molecular formula is C12H16BrN3. The summed E-state index contributed by atoms with van der Waals surface area (Å²) < 4.78 is 2.87. The molecule has 3 nitrogen and oxygen atoms in total. The Bertz CT molecular complexity index is 523. The summed E-state index contributed by atoms with van der Waals surface area (Å²) in [6, 6.07) is 5.85. The largest absolute Gasteiger partial charge is 0.385 e. The number of hydrogen-bond acceptors (Lipinski definition) is 2. The molecule has 0 amide bonds. The third kappa shape index (κ3) is 2.07. The number of nitrogens with zero attached hydrogens (tertiary/aromatic N) is 2. The minimum atomic E-state index is 0.197. The number of anilines is 1. The van der Waals surface area contributed by atoms with Gasteiger partial charge < -0.3 is 5.73 Å². The zero-order chi connectivity index (χ0) is 11.9. The van der Waals surface area contributed by atoms with Crippen molar-refractivity contribution in [2.75, 3.05) is 5.73 Å². The smallest absolute Gasteiger partial charge is 0.132 e. The Morgan fingerprint density at radius 3 is 2.69 bits per heavy atom. The van der Waals surface area contributed by atoms with E-state index < -0.39 is 0 Å². The minimum absolute atomic E-state index is 0.197. The molecule has 2 aromatic rings. The maximum atomic E-state index is 5.99. The normalized spacial score (nSPS) is 12.2. The molecular weight excluding hydrogens is 266 g/mol. The topological polar surface area (TPSA) is 43.3 Å². The number of fused-ring (bicyclic) bond motifs is 1. The van der Waals surface area contributed by atoms with Crippen LogP contribution in [0.4, 0.5) is 5.82 Å². The molecule has 0 saturated carbocycles. The Kier molecular flexibility index (Phi) is 2.70. The van der Waals surface area contributed by atoms with E-state index in [0.29, 0.717) is 0 Å². The Morgan fingerprint density at radius 2 is 2.06 bits per heavy atom. The Labute approximate surface area is 104 Å². The molecule has 0 fully saturated rings. The van der Waals surface area contributed by atoms with E-state index in [4.69, 9.17) is 5.73 Å². The number of imidazole rings is 1. The molecule has 0 radical (unpaired) electrons. The van der Waals surface area contributed by atoms with Gasteiger partial charge in [0.15, 0.2) is 0 Å². The molecule has 2 aromatic heterocycles. The number of aromatic nitrogens is 2. The summed E-state index contributed by atoms with van der Waals surface area (Å²) in [5.41, 5.74) is 7.22. The second-order valence-electron chi connectivity index (χ2n) is 5.23. The average Bonchev–Trinajstić information content (AvgIpc) is 2.42. The van der Waals surface area contributed by atoms with Crippen molar-refractivity contribution in [1.82, 2.24) is 9.38 Å². The van der Waals surface area contributed by atoms with Gasteiger partial charge in [0.05, 0.1) is 5.52 Å². The summed E-state index contributed by atoms with van der Waals surface area (Å²) >= 11 is 3.47. The summed E-state index contributed by atoms with van der Waals surface area (Å²) in [5, 5.41) is 0. The fourth-order valence-electron chi connectivity index (χ4n) is 1.79. The van der Waals surface area contributed by atoms with Gasteiger partial charge in [-0.3, -0.25) is 4.40 Å². The van der Waals surface area contributed by atoms with Crippen LogP contribution in [0, 0.1) is 5.41 Å². The highest BCUT2D eigenvalue weighted by Crippen LogP contribution is 2.26. The van der Waals surface area contributed by atoms with Crippen molar-refractivity contribution in [3.63, 3.8) is 0 Å². The fourth-order valence-corrected chi connectivity index (χ4v) is 2.30. The van der Waals surface area contributed by atoms with Crippen LogP contribution in [0.2, 0.25) is 0 Å². The molecule has 2 heterocycles. The number of hydrogen-bond donors (Lipinski definition) is 1. The molecule has 0 unspecified atom stereocenters. The number of rotatable bonds is 1. The van der Waals surface area contributed by atoms with Gasteiger partial charge in [0.1, 0.15) is 16.2 Å². The van der Waals surface area contributed by atoms with E-state index in [9.17, 15) is 0 Å². The SMILES string of the molecule is CC(C)(C)Cc1nc(Br)c2cccc(N)n12. The number of halogens is 1. The van der Waals surface area contributed by atoms with Gasteiger partial charge in [0, 0.05) is 6.42 Å². The molecule has 0 aliphatic rings. The molecule has 0 atom stereocenters. The standard InChI is InChI=1S/C12H16BrN3/c1-12(2,3)7-10-15-11(13)8-5-4-6-9(14)16(8)10/h4-6H,7,14H2,1-3H3. The van der Waals surface area contributed by atoms with Crippen molar-refractivity contribution in [3.05, 3.63) is 28.6 Å². The van der Waals surface area contributed by atoms with Crippen LogP contribution in [0.1, 0.15) is 26.6 Å². The van der Waals surface area contributed by atoms with E-state index in [0.717, 1.165) is 28.2 Å². The molecule has 16 heavy (non-hydrogen) atoms. The van der Waals surface area contributed by atoms with Crippen LogP contribution in [0.25, 0.3) is 5.52 Å². The summed E-state index contributed by atoms with van der Waals surface area (Å²) in [7, 11) is 0. The van der Waals surface area contributed by atoms with Crippen molar-refractivity contribution in [1.29, 1.82) is 0 Å². The zero-order valence-corrected chi connectivity index (χ0v) is 11.4. The van der Waals surface area contributed by atoms with Gasteiger partial charge in [-0.15, -0.1) is 0 Å². The van der Waals surface area contributed by atoms with Crippen LogP contribution in [0.15, 0.2) is 22.8 Å². The van der Waals surface area contributed by atoms with Gasteiger partial charge in [-0.2, -0.15) is 0 Å². The van der Waals surface area contributed by atoms with Gasteiger partial charge >= 0.3 is 0 Å². The second kappa shape index (κ2) is 3.77. The summed E-state index contributed by atoms with van der Waals surface area (Å²) in [6.45, 7) is 6.59. The molecule has 0 aliphatic carbocycles. The predicted molar refractivity (Wildman–Crippen MR) is 70.5 cm³/mol. The lowest BCUT2D eigenvalue weighted by molar-refractivity contribution is 0.400. The highest BCUT2D eigenvalue weighted by Gasteiger charge is 2.18. The van der Waals surface area contributed by atoms with E-state index >= 15 is 0 Å². The maximum Gasteiger partial charge on any atom is 0.132 e. The summed E-state index contributed by atoms with van der Waals surface area (Å²) in [4.78, 5) is 4.54. The van der Waals surface area contributed by atoms with E-state index in [1.54, 1.807) is 0 Å². The van der Waals surface area contributed by atoms with Crippen LogP contribution in [0.3, 0.4) is 0 Å². The molecule has 0 spiro atoms. The lowest BCUT2D eigenvalue weighted by atomic mass is 9.92. The van der Waals surface area contributed by atoms with Gasteiger partial charge in [-0.05, 0) is 33.5 Å².